The fourth-order valence-electron chi connectivity index (χ4n) is 4.52. The highest BCUT2D eigenvalue weighted by Crippen LogP contribution is 2.36. The number of nitrogens with one attached hydrogen (secondary N) is 2. The number of ether oxygens (including phenoxy) is 1. The molecule has 0 unspecified atom stereocenters. The van der Waals surface area contributed by atoms with Crippen LogP contribution in [-0.4, -0.2) is 51.1 Å². The van der Waals surface area contributed by atoms with Gasteiger partial charge in [-0.25, -0.2) is 9.97 Å². The first-order chi connectivity index (χ1) is 17.3. The Labute approximate surface area is 217 Å². The molecule has 3 aromatic heterocycles. The molecule has 1 saturated carbocycles. The topological polar surface area (TPSA) is 126 Å². The van der Waals surface area contributed by atoms with E-state index in [9.17, 15) is 14.7 Å². The zero-order valence-electron chi connectivity index (χ0n) is 19.9. The second-order valence-electron chi connectivity index (χ2n) is 9.12. The molecule has 2 amide bonds. The van der Waals surface area contributed by atoms with Crippen LogP contribution in [0.15, 0.2) is 24.5 Å². The van der Waals surface area contributed by atoms with E-state index in [4.69, 9.17) is 16.3 Å². The molecular formula is C25H26ClN5O4S. The fraction of sp³-hybridized carbons (Fsp3) is 0.400. The normalized spacial score (nSPS) is 20.7. The Morgan fingerprint density at radius 2 is 2.00 bits per heavy atom. The first-order valence-corrected chi connectivity index (χ1v) is 13.0. The van der Waals surface area contributed by atoms with Crippen LogP contribution < -0.4 is 15.4 Å². The van der Waals surface area contributed by atoms with Gasteiger partial charge < -0.3 is 15.2 Å². The third kappa shape index (κ3) is 4.93. The summed E-state index contributed by atoms with van der Waals surface area (Å²) in [5.74, 6) is -0.0517. The lowest BCUT2D eigenvalue weighted by Crippen LogP contribution is -2.52. The fourth-order valence-corrected chi connectivity index (χ4v) is 5.76. The number of aromatic nitrogens is 3. The number of thiazole rings is 1. The number of aryl methyl sites for hydroxylation is 2. The van der Waals surface area contributed by atoms with E-state index in [1.54, 1.807) is 12.1 Å². The Morgan fingerprint density at radius 3 is 2.72 bits per heavy atom. The monoisotopic (exact) mass is 527 g/mol. The Hall–Kier alpha value is -3.08. The van der Waals surface area contributed by atoms with Gasteiger partial charge in [0, 0.05) is 33.8 Å². The summed E-state index contributed by atoms with van der Waals surface area (Å²) >= 11 is 7.52. The van der Waals surface area contributed by atoms with Gasteiger partial charge in [0.15, 0.2) is 5.13 Å². The van der Waals surface area contributed by atoms with Crippen LogP contribution in [0.5, 0.6) is 5.75 Å². The van der Waals surface area contributed by atoms with Crippen molar-refractivity contribution in [2.24, 2.45) is 5.92 Å². The van der Waals surface area contributed by atoms with E-state index in [1.807, 2.05) is 6.92 Å². The molecule has 0 aromatic carbocycles. The molecule has 3 heterocycles. The van der Waals surface area contributed by atoms with Crippen molar-refractivity contribution in [1.29, 1.82) is 0 Å². The van der Waals surface area contributed by atoms with E-state index in [0.717, 1.165) is 29.1 Å². The van der Waals surface area contributed by atoms with Gasteiger partial charge in [-0.1, -0.05) is 11.6 Å². The number of pyridine rings is 2. The summed E-state index contributed by atoms with van der Waals surface area (Å²) < 4.78 is 5.44. The number of amides is 2. The zero-order chi connectivity index (χ0) is 25.4. The van der Waals surface area contributed by atoms with Crippen LogP contribution >= 0.6 is 22.9 Å². The minimum atomic E-state index is -0.442. The SMILES string of the molecule is COc1cnc(Cl)cc1-c1cc(C)ncc1C(=O)Nc1nc2c(s1)C[C@H](C(=O)N[C@@H]1CC[C@@H]1O)CC2. The summed E-state index contributed by atoms with van der Waals surface area (Å²) in [6.07, 6.45) is 6.07. The van der Waals surface area contributed by atoms with Crippen molar-refractivity contribution >= 4 is 39.9 Å². The molecule has 0 bridgehead atoms. The van der Waals surface area contributed by atoms with E-state index in [0.29, 0.717) is 46.8 Å². The molecule has 0 spiro atoms. The van der Waals surface area contributed by atoms with E-state index >= 15 is 0 Å². The van der Waals surface area contributed by atoms with Crippen molar-refractivity contribution in [3.05, 3.63) is 51.5 Å². The van der Waals surface area contributed by atoms with Crippen LogP contribution in [0, 0.1) is 12.8 Å². The first kappa shape index (κ1) is 24.6. The number of rotatable bonds is 6. The Morgan fingerprint density at radius 1 is 1.17 bits per heavy atom. The average molecular weight is 528 g/mol. The van der Waals surface area contributed by atoms with E-state index in [1.165, 1.54) is 30.8 Å². The number of aliphatic hydroxyl groups excluding tert-OH is 1. The van der Waals surface area contributed by atoms with Crippen LogP contribution in [0.3, 0.4) is 0 Å². The summed E-state index contributed by atoms with van der Waals surface area (Å²) in [6, 6.07) is 3.32. The third-order valence-corrected chi connectivity index (χ3v) is 7.97. The lowest BCUT2D eigenvalue weighted by atomic mass is 9.86. The van der Waals surface area contributed by atoms with Crippen molar-refractivity contribution in [3.8, 4) is 16.9 Å². The maximum atomic E-state index is 13.3. The lowest BCUT2D eigenvalue weighted by molar-refractivity contribution is -0.128. The molecule has 188 valence electrons. The minimum Gasteiger partial charge on any atom is -0.494 e. The summed E-state index contributed by atoms with van der Waals surface area (Å²) in [6.45, 7) is 1.84. The highest BCUT2D eigenvalue weighted by molar-refractivity contribution is 7.15. The van der Waals surface area contributed by atoms with Crippen LogP contribution in [-0.2, 0) is 17.6 Å². The Balaban J connectivity index is 1.34. The first-order valence-electron chi connectivity index (χ1n) is 11.8. The quantitative estimate of drug-likeness (QED) is 0.418. The number of hydrogen-bond acceptors (Lipinski definition) is 8. The molecule has 2 aliphatic carbocycles. The molecule has 1 fully saturated rings. The molecule has 0 saturated heterocycles. The van der Waals surface area contributed by atoms with E-state index in [2.05, 4.69) is 25.6 Å². The van der Waals surface area contributed by atoms with Gasteiger partial charge >= 0.3 is 0 Å². The van der Waals surface area contributed by atoms with Gasteiger partial charge in [0.1, 0.15) is 10.9 Å². The van der Waals surface area contributed by atoms with Crippen LogP contribution in [0.2, 0.25) is 5.15 Å². The van der Waals surface area contributed by atoms with Gasteiger partial charge in [-0.2, -0.15) is 0 Å². The van der Waals surface area contributed by atoms with Gasteiger partial charge in [0.05, 0.1) is 36.7 Å². The molecule has 0 aliphatic heterocycles. The summed E-state index contributed by atoms with van der Waals surface area (Å²) in [5, 5.41) is 16.4. The molecule has 0 radical (unpaired) electrons. The molecular weight excluding hydrogens is 502 g/mol. The number of aliphatic hydroxyl groups is 1. The number of nitrogens with zero attached hydrogens (tertiary/aromatic N) is 3. The molecule has 9 nitrogen and oxygen atoms in total. The van der Waals surface area contributed by atoms with Gasteiger partial charge in [-0.3, -0.25) is 19.9 Å². The highest BCUT2D eigenvalue weighted by Gasteiger charge is 2.34. The predicted octanol–water partition coefficient (Wildman–Crippen LogP) is 3.57. The summed E-state index contributed by atoms with van der Waals surface area (Å²) in [5.41, 5.74) is 3.26. The molecule has 11 heteroatoms. The van der Waals surface area contributed by atoms with E-state index < -0.39 is 6.10 Å². The molecule has 2 aliphatic rings. The summed E-state index contributed by atoms with van der Waals surface area (Å²) in [7, 11) is 1.53. The second-order valence-corrected chi connectivity index (χ2v) is 10.6. The van der Waals surface area contributed by atoms with Crippen molar-refractivity contribution in [3.63, 3.8) is 0 Å². The van der Waals surface area contributed by atoms with Crippen molar-refractivity contribution in [2.45, 2.75) is 51.2 Å². The minimum absolute atomic E-state index is 0.0243. The molecule has 3 aromatic rings. The third-order valence-electron chi connectivity index (χ3n) is 6.73. The second kappa shape index (κ2) is 10.1. The zero-order valence-corrected chi connectivity index (χ0v) is 21.4. The predicted molar refractivity (Wildman–Crippen MR) is 137 cm³/mol. The Bertz CT molecular complexity index is 1330. The number of fused-ring (bicyclic) bond motifs is 1. The summed E-state index contributed by atoms with van der Waals surface area (Å²) in [4.78, 5) is 40.0. The molecule has 5 rings (SSSR count). The standard InChI is InChI=1S/C25H26ClN5O4S/c1-12-7-14(15-9-22(26)28-11-20(15)35-2)16(10-27-12)24(34)31-25-30-18-4-3-13(8-21(18)36-25)23(33)29-17-5-6-19(17)32/h7,9-11,13,17,19,32H,3-6,8H2,1-2H3,(H,29,33)(H,30,31,34)/t13-,17-,19+/m1/s1. The Kier molecular flexibility index (Phi) is 6.92. The van der Waals surface area contributed by atoms with E-state index in [-0.39, 0.29) is 28.9 Å². The van der Waals surface area contributed by atoms with Gasteiger partial charge in [-0.15, -0.1) is 11.3 Å². The number of hydrogen-bond donors (Lipinski definition) is 3. The number of carbonyl (C=O) groups is 2. The van der Waals surface area contributed by atoms with Gasteiger partial charge in [0.2, 0.25) is 5.91 Å². The number of halogens is 1. The number of carbonyl (C=O) groups excluding carboxylic acids is 2. The number of anilines is 1. The van der Waals surface area contributed by atoms with Crippen LogP contribution in [0.4, 0.5) is 5.13 Å². The highest BCUT2D eigenvalue weighted by atomic mass is 35.5. The average Bonchev–Trinajstić information content (AvgIpc) is 3.27. The lowest BCUT2D eigenvalue weighted by Gasteiger charge is -2.34. The van der Waals surface area contributed by atoms with Crippen molar-refractivity contribution in [2.75, 3.05) is 12.4 Å². The molecule has 3 N–H and O–H groups in total. The maximum Gasteiger partial charge on any atom is 0.259 e. The van der Waals surface area contributed by atoms with Crippen molar-refractivity contribution in [1.82, 2.24) is 20.3 Å². The smallest absolute Gasteiger partial charge is 0.259 e. The van der Waals surface area contributed by atoms with Gasteiger partial charge in [-0.05, 0) is 51.2 Å². The van der Waals surface area contributed by atoms with Crippen molar-refractivity contribution < 1.29 is 19.4 Å². The van der Waals surface area contributed by atoms with Gasteiger partial charge in [0.25, 0.3) is 5.91 Å². The maximum absolute atomic E-state index is 13.3. The van der Waals surface area contributed by atoms with Crippen LogP contribution in [0.25, 0.3) is 11.1 Å². The molecule has 36 heavy (non-hydrogen) atoms. The number of methoxy groups -OCH3 is 1. The largest absolute Gasteiger partial charge is 0.494 e. The van der Waals surface area contributed by atoms with Crippen LogP contribution in [0.1, 0.15) is 45.9 Å². The molecule has 3 atom stereocenters.